The maximum atomic E-state index is 2.75. The molecule has 0 unspecified atom stereocenters. The van der Waals surface area contributed by atoms with Gasteiger partial charge in [0.2, 0.25) is 0 Å². The molecule has 0 atom stereocenters. The average Bonchev–Trinajstić information content (AvgIpc) is 3.53. The third kappa shape index (κ3) is 5.46. The molecule has 2 nitrogen and oxygen atoms in total. The molecular weight excluding hydrogens is 699 g/mol. The van der Waals surface area contributed by atoms with Gasteiger partial charge in [0.15, 0.2) is 0 Å². The SMILES string of the molecule is Cc1ccccc1-c1c(-c2ccccc2)n2c3c(cc(C(C)(C)C)cc13)-c1cc(C(C)(C)C)cc3c1B2c1ccc2ccccc2c1N3c1ccc(C(C)(C)C)cc1. The Labute approximate surface area is 345 Å². The summed E-state index contributed by atoms with van der Waals surface area (Å²) in [6, 6.07) is 53.5. The molecule has 8 aromatic rings. The van der Waals surface area contributed by atoms with Crippen LogP contribution in [-0.2, 0) is 16.2 Å². The van der Waals surface area contributed by atoms with Gasteiger partial charge in [-0.25, -0.2) is 0 Å². The predicted molar refractivity (Wildman–Crippen MR) is 252 cm³/mol. The lowest BCUT2D eigenvalue weighted by atomic mass is 9.44. The van der Waals surface area contributed by atoms with Crippen LogP contribution in [0.2, 0.25) is 0 Å². The van der Waals surface area contributed by atoms with Crippen molar-refractivity contribution < 1.29 is 0 Å². The van der Waals surface area contributed by atoms with Crippen molar-refractivity contribution in [3.05, 3.63) is 162 Å². The van der Waals surface area contributed by atoms with Crippen LogP contribution in [0.25, 0.3) is 55.2 Å². The zero-order valence-electron chi connectivity index (χ0n) is 35.8. The van der Waals surface area contributed by atoms with Crippen LogP contribution in [-0.4, -0.2) is 11.3 Å². The van der Waals surface area contributed by atoms with Crippen LogP contribution in [0.1, 0.15) is 84.6 Å². The van der Waals surface area contributed by atoms with E-state index in [0.29, 0.717) is 0 Å². The fourth-order valence-corrected chi connectivity index (χ4v) is 9.78. The second kappa shape index (κ2) is 12.6. The van der Waals surface area contributed by atoms with Gasteiger partial charge in [-0.15, -0.1) is 0 Å². The molecule has 3 heterocycles. The summed E-state index contributed by atoms with van der Waals surface area (Å²) < 4.78 is 2.75. The second-order valence-corrected chi connectivity index (χ2v) is 19.9. The van der Waals surface area contributed by atoms with Gasteiger partial charge in [0.05, 0.1) is 5.69 Å². The van der Waals surface area contributed by atoms with Gasteiger partial charge in [0.1, 0.15) is 0 Å². The van der Waals surface area contributed by atoms with E-state index in [-0.39, 0.29) is 23.1 Å². The van der Waals surface area contributed by atoms with Gasteiger partial charge in [-0.3, -0.25) is 0 Å². The molecule has 0 N–H and O–H groups in total. The first-order valence-corrected chi connectivity index (χ1v) is 21.1. The number of hydrogen-bond donors (Lipinski definition) is 0. The minimum absolute atomic E-state index is 0.0539. The van der Waals surface area contributed by atoms with Crippen molar-refractivity contribution in [1.29, 1.82) is 0 Å². The topological polar surface area (TPSA) is 8.17 Å². The van der Waals surface area contributed by atoms with Crippen LogP contribution in [0.5, 0.6) is 0 Å². The van der Waals surface area contributed by atoms with E-state index in [2.05, 4.69) is 218 Å². The zero-order valence-corrected chi connectivity index (χ0v) is 35.8. The molecule has 10 rings (SSSR count). The van der Waals surface area contributed by atoms with E-state index in [1.165, 1.54) is 105 Å². The molecule has 0 spiro atoms. The molecule has 0 aliphatic carbocycles. The first kappa shape index (κ1) is 36.5. The van der Waals surface area contributed by atoms with Crippen molar-refractivity contribution >= 4 is 56.5 Å². The standard InChI is InChI=1S/C55H53BN2/c1-34-18-14-16-22-41(34)48-45-32-38(54(5,6)7)31-44-43-30-39(55(8,9)10)33-47-49(43)56(58(51(44)45)50(48)36-20-12-11-13-21-36)46-29-24-35-19-15-17-23-42(35)52(46)57(47)40-27-25-37(26-28-40)53(2,3)4/h11-33H,1-10H3. The van der Waals surface area contributed by atoms with Crippen molar-refractivity contribution in [3.8, 4) is 33.5 Å². The van der Waals surface area contributed by atoms with E-state index in [1.54, 1.807) is 0 Å². The van der Waals surface area contributed by atoms with Crippen molar-refractivity contribution in [1.82, 2.24) is 4.48 Å². The minimum atomic E-state index is -0.0798. The molecule has 1 aromatic heterocycles. The molecule has 0 amide bonds. The summed E-state index contributed by atoms with van der Waals surface area (Å²) in [5.74, 6) is 0. The molecule has 3 heteroatoms. The Morgan fingerprint density at radius 3 is 1.81 bits per heavy atom. The van der Waals surface area contributed by atoms with E-state index in [9.17, 15) is 0 Å². The Morgan fingerprint density at radius 1 is 0.500 bits per heavy atom. The van der Waals surface area contributed by atoms with Crippen LogP contribution in [0.4, 0.5) is 17.1 Å². The lowest BCUT2D eigenvalue weighted by Gasteiger charge is -2.42. The molecule has 0 radical (unpaired) electrons. The zero-order chi connectivity index (χ0) is 40.5. The lowest BCUT2D eigenvalue weighted by Crippen LogP contribution is -2.57. The number of anilines is 3. The van der Waals surface area contributed by atoms with Gasteiger partial charge >= 0.3 is 6.85 Å². The summed E-state index contributed by atoms with van der Waals surface area (Å²) in [7, 11) is 0. The Hall–Kier alpha value is -5.80. The van der Waals surface area contributed by atoms with Crippen molar-refractivity contribution in [2.24, 2.45) is 0 Å². The van der Waals surface area contributed by atoms with E-state index in [0.717, 1.165) is 0 Å². The Balaban J connectivity index is 1.44. The number of hydrogen-bond acceptors (Lipinski definition) is 1. The summed E-state index contributed by atoms with van der Waals surface area (Å²) in [5, 5.41) is 3.85. The van der Waals surface area contributed by atoms with Crippen LogP contribution in [0.3, 0.4) is 0 Å². The monoisotopic (exact) mass is 752 g/mol. The van der Waals surface area contributed by atoms with Crippen LogP contribution in [0.15, 0.2) is 140 Å². The Morgan fingerprint density at radius 2 is 1.12 bits per heavy atom. The van der Waals surface area contributed by atoms with Gasteiger partial charge < -0.3 is 9.38 Å². The highest BCUT2D eigenvalue weighted by Crippen LogP contribution is 2.52. The number of rotatable bonds is 3. The van der Waals surface area contributed by atoms with Gasteiger partial charge in [0, 0.05) is 44.5 Å². The molecular formula is C55H53BN2. The highest BCUT2D eigenvalue weighted by molar-refractivity contribution is 6.90. The molecule has 58 heavy (non-hydrogen) atoms. The maximum absolute atomic E-state index is 2.75. The molecule has 0 saturated heterocycles. The fraction of sp³-hybridized carbons (Fsp3) is 0.236. The first-order valence-electron chi connectivity index (χ1n) is 21.1. The van der Waals surface area contributed by atoms with E-state index in [4.69, 9.17) is 0 Å². The summed E-state index contributed by atoms with van der Waals surface area (Å²) in [6.07, 6.45) is 0. The van der Waals surface area contributed by atoms with E-state index in [1.807, 2.05) is 0 Å². The van der Waals surface area contributed by atoms with Gasteiger partial charge in [-0.05, 0) is 109 Å². The summed E-state index contributed by atoms with van der Waals surface area (Å²) >= 11 is 0. The number of fused-ring (bicyclic) bond motifs is 6. The average molecular weight is 753 g/mol. The molecule has 7 aromatic carbocycles. The molecule has 2 aliphatic heterocycles. The van der Waals surface area contributed by atoms with Gasteiger partial charge in [-0.1, -0.05) is 172 Å². The normalized spacial score (nSPS) is 13.6. The number of nitrogens with zero attached hydrogens (tertiary/aromatic N) is 2. The fourth-order valence-electron chi connectivity index (χ4n) is 9.78. The molecule has 0 fully saturated rings. The van der Waals surface area contributed by atoms with Gasteiger partial charge in [-0.2, -0.15) is 0 Å². The van der Waals surface area contributed by atoms with Crippen LogP contribution in [0, 0.1) is 6.92 Å². The van der Waals surface area contributed by atoms with Crippen molar-refractivity contribution in [3.63, 3.8) is 0 Å². The smallest absolute Gasteiger partial charge is 0.333 e. The van der Waals surface area contributed by atoms with Crippen molar-refractivity contribution in [2.75, 3.05) is 4.90 Å². The number of benzene rings is 7. The largest absolute Gasteiger partial charge is 0.375 e. The van der Waals surface area contributed by atoms with E-state index < -0.39 is 0 Å². The number of aryl methyl sites for hydroxylation is 1. The van der Waals surface area contributed by atoms with Crippen molar-refractivity contribution in [2.45, 2.75) is 85.5 Å². The Kier molecular flexibility index (Phi) is 7.94. The molecule has 286 valence electrons. The summed E-state index contributed by atoms with van der Waals surface area (Å²) in [4.78, 5) is 2.61. The maximum Gasteiger partial charge on any atom is 0.333 e. The minimum Gasteiger partial charge on any atom is -0.375 e. The summed E-state index contributed by atoms with van der Waals surface area (Å²) in [5.41, 5.74) is 20.8. The number of aromatic nitrogens is 1. The van der Waals surface area contributed by atoms with Crippen LogP contribution < -0.4 is 15.8 Å². The van der Waals surface area contributed by atoms with Gasteiger partial charge in [0.25, 0.3) is 0 Å². The van der Waals surface area contributed by atoms with Crippen LogP contribution >= 0.6 is 0 Å². The summed E-state index contributed by atoms with van der Waals surface area (Å²) in [6.45, 7) is 23.3. The Bertz CT molecular complexity index is 2940. The lowest BCUT2D eigenvalue weighted by molar-refractivity contribution is 0.589. The highest BCUT2D eigenvalue weighted by atomic mass is 15.2. The first-order chi connectivity index (χ1) is 27.6. The third-order valence-corrected chi connectivity index (χ3v) is 13.0. The predicted octanol–water partition coefficient (Wildman–Crippen LogP) is 13.7. The molecule has 2 aliphatic rings. The quantitative estimate of drug-likeness (QED) is 0.163. The second-order valence-electron chi connectivity index (χ2n) is 19.9. The third-order valence-electron chi connectivity index (χ3n) is 13.0. The molecule has 0 saturated carbocycles. The highest BCUT2D eigenvalue weighted by Gasteiger charge is 2.45. The molecule has 0 bridgehead atoms. The van der Waals surface area contributed by atoms with E-state index >= 15 is 0 Å².